The monoisotopic (exact) mass is 248 g/mol. The number of carbonyl (C=O) groups excluding carboxylic acids is 1. The Morgan fingerprint density at radius 2 is 2.33 bits per heavy atom. The summed E-state index contributed by atoms with van der Waals surface area (Å²) in [4.78, 5) is 11.4. The molecule has 2 rings (SSSR count). The van der Waals surface area contributed by atoms with Crippen LogP contribution in [0, 0.1) is 0 Å². The second kappa shape index (κ2) is 5.87. The van der Waals surface area contributed by atoms with Crippen molar-refractivity contribution in [2.45, 2.75) is 32.2 Å². The summed E-state index contributed by atoms with van der Waals surface area (Å²) in [5.41, 5.74) is 2.40. The van der Waals surface area contributed by atoms with Crippen molar-refractivity contribution in [3.05, 3.63) is 29.3 Å². The summed E-state index contributed by atoms with van der Waals surface area (Å²) < 4.78 is 0. The zero-order valence-corrected chi connectivity index (χ0v) is 10.7. The third-order valence-electron chi connectivity index (χ3n) is 3.33. The highest BCUT2D eigenvalue weighted by Gasteiger charge is 2.20. The number of hydrogen-bond donors (Lipinski definition) is 3. The van der Waals surface area contributed by atoms with Crippen LogP contribution < -0.4 is 10.6 Å². The van der Waals surface area contributed by atoms with E-state index in [9.17, 15) is 9.90 Å². The molecule has 18 heavy (non-hydrogen) atoms. The molecule has 0 saturated carbocycles. The molecule has 3 N–H and O–H groups in total. The van der Waals surface area contributed by atoms with E-state index >= 15 is 0 Å². The molecule has 1 atom stereocenters. The van der Waals surface area contributed by atoms with E-state index in [4.69, 9.17) is 0 Å². The Kier molecular flexibility index (Phi) is 4.20. The Hall–Kier alpha value is -1.55. The lowest BCUT2D eigenvalue weighted by Gasteiger charge is -2.26. The summed E-state index contributed by atoms with van der Waals surface area (Å²) in [6.45, 7) is 2.89. The molecule has 1 aliphatic carbocycles. The number of aryl methyl sites for hydroxylation is 1. The molecule has 0 heterocycles. The molecule has 1 unspecified atom stereocenters. The molecule has 0 spiro atoms. The molecule has 1 aromatic carbocycles. The third-order valence-corrected chi connectivity index (χ3v) is 3.33. The van der Waals surface area contributed by atoms with Crippen molar-refractivity contribution < 1.29 is 9.90 Å². The van der Waals surface area contributed by atoms with Crippen LogP contribution >= 0.6 is 0 Å². The second-order valence-corrected chi connectivity index (χ2v) is 4.66. The van der Waals surface area contributed by atoms with Gasteiger partial charge in [0, 0.05) is 12.6 Å². The SMILES string of the molecule is CCNC(=O)CNC1CCCc2ccc(O)cc21. The number of aromatic hydroxyl groups is 1. The van der Waals surface area contributed by atoms with Gasteiger partial charge in [-0.15, -0.1) is 0 Å². The number of amides is 1. The molecule has 4 heteroatoms. The van der Waals surface area contributed by atoms with Crippen LogP contribution in [0.25, 0.3) is 0 Å². The fourth-order valence-electron chi connectivity index (χ4n) is 2.47. The lowest BCUT2D eigenvalue weighted by atomic mass is 9.87. The van der Waals surface area contributed by atoms with E-state index < -0.39 is 0 Å². The van der Waals surface area contributed by atoms with Crippen molar-refractivity contribution in [2.75, 3.05) is 13.1 Å². The Balaban J connectivity index is 2.03. The Bertz CT molecular complexity index is 432. The van der Waals surface area contributed by atoms with Gasteiger partial charge in [0.15, 0.2) is 0 Å². The molecular weight excluding hydrogens is 228 g/mol. The topological polar surface area (TPSA) is 61.4 Å². The number of nitrogens with one attached hydrogen (secondary N) is 2. The number of benzene rings is 1. The summed E-state index contributed by atoms with van der Waals surface area (Å²) in [5, 5.41) is 15.6. The number of likely N-dealkylation sites (N-methyl/N-ethyl adjacent to an activating group) is 1. The fraction of sp³-hybridized carbons (Fsp3) is 0.500. The van der Waals surface area contributed by atoms with Gasteiger partial charge in [0.05, 0.1) is 6.54 Å². The third kappa shape index (κ3) is 3.01. The standard InChI is InChI=1S/C14H20N2O2/c1-2-15-14(18)9-16-13-5-3-4-10-6-7-11(17)8-12(10)13/h6-8,13,16-17H,2-5,9H2,1H3,(H,15,18). The first-order valence-electron chi connectivity index (χ1n) is 6.52. The van der Waals surface area contributed by atoms with Crippen molar-refractivity contribution in [1.82, 2.24) is 10.6 Å². The Morgan fingerprint density at radius 1 is 1.50 bits per heavy atom. The van der Waals surface area contributed by atoms with E-state index in [1.165, 1.54) is 5.56 Å². The van der Waals surface area contributed by atoms with Crippen LogP contribution in [0.1, 0.15) is 36.9 Å². The minimum atomic E-state index is 0.0183. The first kappa shape index (κ1) is 12.9. The van der Waals surface area contributed by atoms with Gasteiger partial charge in [-0.3, -0.25) is 4.79 Å². The fourth-order valence-corrected chi connectivity index (χ4v) is 2.47. The van der Waals surface area contributed by atoms with Crippen molar-refractivity contribution in [2.24, 2.45) is 0 Å². The predicted molar refractivity (Wildman–Crippen MR) is 70.5 cm³/mol. The van der Waals surface area contributed by atoms with Crippen molar-refractivity contribution >= 4 is 5.91 Å². The molecule has 4 nitrogen and oxygen atoms in total. The van der Waals surface area contributed by atoms with Crippen LogP contribution in [0.5, 0.6) is 5.75 Å². The van der Waals surface area contributed by atoms with Gasteiger partial charge in [0.25, 0.3) is 0 Å². The largest absolute Gasteiger partial charge is 0.508 e. The highest BCUT2D eigenvalue weighted by atomic mass is 16.3. The highest BCUT2D eigenvalue weighted by molar-refractivity contribution is 5.77. The molecule has 1 aromatic rings. The highest BCUT2D eigenvalue weighted by Crippen LogP contribution is 2.31. The maximum absolute atomic E-state index is 11.4. The summed E-state index contributed by atoms with van der Waals surface area (Å²) >= 11 is 0. The number of phenolic OH excluding ortho intramolecular Hbond substituents is 1. The van der Waals surface area contributed by atoms with Crippen LogP contribution in [-0.2, 0) is 11.2 Å². The predicted octanol–water partition coefficient (Wildman–Crippen LogP) is 1.50. The average molecular weight is 248 g/mol. The van der Waals surface area contributed by atoms with E-state index in [1.54, 1.807) is 6.07 Å². The molecule has 0 saturated heterocycles. The normalized spacial score (nSPS) is 18.2. The smallest absolute Gasteiger partial charge is 0.233 e. The van der Waals surface area contributed by atoms with Gasteiger partial charge in [-0.1, -0.05) is 6.07 Å². The zero-order valence-electron chi connectivity index (χ0n) is 10.7. The first-order chi connectivity index (χ1) is 8.70. The van der Waals surface area contributed by atoms with E-state index in [2.05, 4.69) is 10.6 Å². The molecule has 0 aromatic heterocycles. The number of hydrogen-bond acceptors (Lipinski definition) is 3. The van der Waals surface area contributed by atoms with Crippen molar-refractivity contribution in [3.8, 4) is 5.75 Å². The van der Waals surface area contributed by atoms with Gasteiger partial charge in [-0.05, 0) is 49.4 Å². The van der Waals surface area contributed by atoms with Gasteiger partial charge in [-0.25, -0.2) is 0 Å². The molecule has 0 fully saturated rings. The van der Waals surface area contributed by atoms with Crippen LogP contribution in [0.15, 0.2) is 18.2 Å². The molecule has 98 valence electrons. The van der Waals surface area contributed by atoms with E-state index in [0.717, 1.165) is 24.8 Å². The summed E-state index contributed by atoms with van der Waals surface area (Å²) in [7, 11) is 0. The average Bonchev–Trinajstić information content (AvgIpc) is 2.36. The maximum atomic E-state index is 11.4. The minimum absolute atomic E-state index is 0.0183. The van der Waals surface area contributed by atoms with Gasteiger partial charge >= 0.3 is 0 Å². The summed E-state index contributed by atoms with van der Waals surface area (Å²) in [6.07, 6.45) is 3.18. The zero-order chi connectivity index (χ0) is 13.0. The van der Waals surface area contributed by atoms with E-state index in [0.29, 0.717) is 18.8 Å². The molecule has 0 aliphatic heterocycles. The number of phenols is 1. The second-order valence-electron chi connectivity index (χ2n) is 4.66. The molecule has 0 radical (unpaired) electrons. The van der Waals surface area contributed by atoms with Crippen LogP contribution in [0.4, 0.5) is 0 Å². The van der Waals surface area contributed by atoms with E-state index in [-0.39, 0.29) is 11.9 Å². The van der Waals surface area contributed by atoms with Gasteiger partial charge in [0.2, 0.25) is 5.91 Å². The van der Waals surface area contributed by atoms with Gasteiger partial charge < -0.3 is 15.7 Å². The number of rotatable bonds is 4. The molecule has 1 amide bonds. The molecule has 1 aliphatic rings. The van der Waals surface area contributed by atoms with Gasteiger partial charge in [-0.2, -0.15) is 0 Å². The number of carbonyl (C=O) groups is 1. The molecular formula is C14H20N2O2. The van der Waals surface area contributed by atoms with Crippen LogP contribution in [0.2, 0.25) is 0 Å². The lowest BCUT2D eigenvalue weighted by Crippen LogP contribution is -2.36. The quantitative estimate of drug-likeness (QED) is 0.756. The Morgan fingerprint density at radius 3 is 3.11 bits per heavy atom. The Labute approximate surface area is 107 Å². The van der Waals surface area contributed by atoms with Crippen LogP contribution in [0.3, 0.4) is 0 Å². The summed E-state index contributed by atoms with van der Waals surface area (Å²) in [6, 6.07) is 5.68. The van der Waals surface area contributed by atoms with Crippen molar-refractivity contribution in [3.63, 3.8) is 0 Å². The van der Waals surface area contributed by atoms with Crippen molar-refractivity contribution in [1.29, 1.82) is 0 Å². The lowest BCUT2D eigenvalue weighted by molar-refractivity contribution is -0.120. The van der Waals surface area contributed by atoms with Crippen LogP contribution in [-0.4, -0.2) is 24.1 Å². The number of fused-ring (bicyclic) bond motifs is 1. The van der Waals surface area contributed by atoms with E-state index in [1.807, 2.05) is 19.1 Å². The molecule has 0 bridgehead atoms. The van der Waals surface area contributed by atoms with Gasteiger partial charge in [0.1, 0.15) is 5.75 Å². The minimum Gasteiger partial charge on any atom is -0.508 e. The summed E-state index contributed by atoms with van der Waals surface area (Å²) in [5.74, 6) is 0.310. The first-order valence-corrected chi connectivity index (χ1v) is 6.52. The maximum Gasteiger partial charge on any atom is 0.233 e.